The Bertz CT molecular complexity index is 1120. The van der Waals surface area contributed by atoms with Crippen molar-refractivity contribution in [1.82, 2.24) is 20.8 Å². The molecule has 10 heteroatoms. The van der Waals surface area contributed by atoms with Crippen molar-refractivity contribution < 1.29 is 14.3 Å². The number of thioether (sulfide) groups is 1. The highest BCUT2D eigenvalue weighted by Gasteiger charge is 2.44. The molecule has 3 heterocycles. The van der Waals surface area contributed by atoms with Crippen molar-refractivity contribution in [2.24, 2.45) is 5.10 Å². The fourth-order valence-corrected chi connectivity index (χ4v) is 5.17. The van der Waals surface area contributed by atoms with Gasteiger partial charge >= 0.3 is 0 Å². The minimum atomic E-state index is -0.146. The number of rotatable bonds is 6. The molecule has 9 nitrogen and oxygen atoms in total. The van der Waals surface area contributed by atoms with E-state index in [-0.39, 0.29) is 29.9 Å². The molecule has 0 radical (unpaired) electrons. The van der Waals surface area contributed by atoms with Gasteiger partial charge in [-0.1, -0.05) is 41.6 Å². The molecule has 178 valence electrons. The van der Waals surface area contributed by atoms with Gasteiger partial charge in [0.15, 0.2) is 5.17 Å². The third kappa shape index (κ3) is 4.38. The van der Waals surface area contributed by atoms with Gasteiger partial charge in [0.25, 0.3) is 0 Å². The summed E-state index contributed by atoms with van der Waals surface area (Å²) in [6.07, 6.45) is 5.00. The average Bonchev–Trinajstić information content (AvgIpc) is 3.47. The smallest absolute Gasteiger partial charge is 0.234 e. The van der Waals surface area contributed by atoms with E-state index >= 15 is 0 Å². The van der Waals surface area contributed by atoms with Crippen LogP contribution < -0.4 is 25.6 Å². The maximum Gasteiger partial charge on any atom is 0.234 e. The molecular weight excluding hydrogens is 452 g/mol. The Balaban J connectivity index is 1.19. The van der Waals surface area contributed by atoms with Crippen LogP contribution in [-0.2, 0) is 4.79 Å². The molecule has 0 aromatic heterocycles. The van der Waals surface area contributed by atoms with E-state index < -0.39 is 0 Å². The second-order valence-corrected chi connectivity index (χ2v) is 9.32. The number of benzene rings is 2. The van der Waals surface area contributed by atoms with Crippen molar-refractivity contribution in [2.75, 3.05) is 25.3 Å². The van der Waals surface area contributed by atoms with E-state index in [2.05, 4.69) is 62.4 Å². The van der Waals surface area contributed by atoms with Gasteiger partial charge in [0, 0.05) is 18.5 Å². The lowest BCUT2D eigenvalue weighted by molar-refractivity contribution is -0.113. The van der Waals surface area contributed by atoms with Crippen LogP contribution in [0.25, 0.3) is 0 Å². The third-order valence-electron chi connectivity index (χ3n) is 6.20. The minimum absolute atomic E-state index is 0.0111. The Morgan fingerprint density at radius 2 is 2.00 bits per heavy atom. The Hall–Kier alpha value is -3.37. The van der Waals surface area contributed by atoms with Crippen LogP contribution in [0.15, 0.2) is 60.0 Å². The van der Waals surface area contributed by atoms with Crippen LogP contribution in [0.5, 0.6) is 11.5 Å². The number of hydrazine groups is 1. The summed E-state index contributed by atoms with van der Waals surface area (Å²) in [5.41, 5.74) is 9.96. The fourth-order valence-electron chi connectivity index (χ4n) is 4.39. The Kier molecular flexibility index (Phi) is 6.25. The standard InChI is InChI=1S/C24H28N6O3S/c1-15-4-6-16(7-5-15)18-13-20-23-26-27-24(29(23)10-11-30(20)28-18)34-14-22(31)25-19-12-17(32-2)8-9-21(19)33-3/h4-12,18,20,23,26,28H,13-14H2,1-3H3,(H,25,31). The van der Waals surface area contributed by atoms with Crippen molar-refractivity contribution in [3.8, 4) is 11.5 Å². The second kappa shape index (κ2) is 9.47. The maximum absolute atomic E-state index is 12.6. The molecule has 2 aromatic carbocycles. The molecule has 3 aliphatic heterocycles. The molecule has 0 aliphatic carbocycles. The molecule has 3 unspecified atom stereocenters. The number of amidine groups is 1. The van der Waals surface area contributed by atoms with E-state index in [1.807, 2.05) is 12.4 Å². The van der Waals surface area contributed by atoms with E-state index in [0.29, 0.717) is 17.2 Å². The van der Waals surface area contributed by atoms with Crippen LogP contribution in [0.2, 0.25) is 0 Å². The molecule has 0 bridgehead atoms. The first-order chi connectivity index (χ1) is 16.6. The molecule has 0 spiro atoms. The number of carbonyl (C=O) groups excluding carboxylic acids is 1. The molecular formula is C24H28N6O3S. The number of fused-ring (bicyclic) bond motifs is 3. The lowest BCUT2D eigenvalue weighted by atomic mass is 9.99. The number of hydrogen-bond acceptors (Lipinski definition) is 9. The first kappa shape index (κ1) is 22.4. The second-order valence-electron chi connectivity index (χ2n) is 8.38. The lowest BCUT2D eigenvalue weighted by Crippen LogP contribution is -2.54. The summed E-state index contributed by atoms with van der Waals surface area (Å²) in [7, 11) is 3.15. The zero-order chi connectivity index (χ0) is 23.7. The molecule has 1 fully saturated rings. The van der Waals surface area contributed by atoms with Crippen molar-refractivity contribution >= 4 is 28.5 Å². The van der Waals surface area contributed by atoms with Crippen LogP contribution in [-0.4, -0.2) is 53.2 Å². The van der Waals surface area contributed by atoms with E-state index in [9.17, 15) is 4.79 Å². The zero-order valence-electron chi connectivity index (χ0n) is 19.3. The summed E-state index contributed by atoms with van der Waals surface area (Å²) in [4.78, 5) is 14.7. The summed E-state index contributed by atoms with van der Waals surface area (Å²) in [5.74, 6) is 1.30. The van der Waals surface area contributed by atoms with Crippen molar-refractivity contribution in [3.05, 3.63) is 66.0 Å². The number of ether oxygens (including phenoxy) is 2. The molecule has 0 saturated carbocycles. The first-order valence-electron chi connectivity index (χ1n) is 11.1. The van der Waals surface area contributed by atoms with E-state index in [1.54, 1.807) is 32.4 Å². The van der Waals surface area contributed by atoms with Crippen LogP contribution in [0.1, 0.15) is 23.6 Å². The topological polar surface area (TPSA) is 90.5 Å². The average molecular weight is 481 g/mol. The van der Waals surface area contributed by atoms with Gasteiger partial charge in [-0.25, -0.2) is 5.43 Å². The fraction of sp³-hybridized carbons (Fsp3) is 0.333. The number of methoxy groups -OCH3 is 2. The summed E-state index contributed by atoms with van der Waals surface area (Å²) in [6.45, 7) is 2.10. The first-order valence-corrected chi connectivity index (χ1v) is 12.1. The van der Waals surface area contributed by atoms with E-state index in [4.69, 9.17) is 9.47 Å². The largest absolute Gasteiger partial charge is 0.497 e. The molecule has 1 amide bonds. The summed E-state index contributed by atoms with van der Waals surface area (Å²) in [6, 6.07) is 14.4. The van der Waals surface area contributed by atoms with Crippen LogP contribution in [0, 0.1) is 6.92 Å². The van der Waals surface area contributed by atoms with Crippen molar-refractivity contribution in [2.45, 2.75) is 31.6 Å². The van der Waals surface area contributed by atoms with Gasteiger partial charge in [0.05, 0.1) is 37.7 Å². The van der Waals surface area contributed by atoms with E-state index in [0.717, 1.165) is 11.6 Å². The number of anilines is 1. The third-order valence-corrected chi connectivity index (χ3v) is 7.16. The maximum atomic E-state index is 12.6. The highest BCUT2D eigenvalue weighted by atomic mass is 32.2. The number of hydrogen-bond donors (Lipinski definition) is 3. The number of nitrogens with one attached hydrogen (secondary N) is 3. The molecule has 3 N–H and O–H groups in total. The van der Waals surface area contributed by atoms with Gasteiger partial charge in [-0.15, -0.1) is 0 Å². The Morgan fingerprint density at radius 1 is 1.18 bits per heavy atom. The minimum Gasteiger partial charge on any atom is -0.497 e. The Labute approximate surface area is 203 Å². The molecule has 3 aliphatic rings. The van der Waals surface area contributed by atoms with Gasteiger partial charge in [-0.05, 0) is 31.0 Å². The highest BCUT2D eigenvalue weighted by Crippen LogP contribution is 2.35. The van der Waals surface area contributed by atoms with Crippen LogP contribution in [0.3, 0.4) is 0 Å². The van der Waals surface area contributed by atoms with Crippen LogP contribution >= 0.6 is 11.8 Å². The van der Waals surface area contributed by atoms with Gasteiger partial charge in [-0.3, -0.25) is 10.2 Å². The highest BCUT2D eigenvalue weighted by molar-refractivity contribution is 8.14. The summed E-state index contributed by atoms with van der Waals surface area (Å²) in [5, 5.41) is 10.3. The predicted molar refractivity (Wildman–Crippen MR) is 133 cm³/mol. The molecule has 3 atom stereocenters. The van der Waals surface area contributed by atoms with Gasteiger partial charge in [0.1, 0.15) is 17.7 Å². The summed E-state index contributed by atoms with van der Waals surface area (Å²) >= 11 is 1.39. The van der Waals surface area contributed by atoms with Crippen molar-refractivity contribution in [3.63, 3.8) is 0 Å². The molecule has 34 heavy (non-hydrogen) atoms. The zero-order valence-corrected chi connectivity index (χ0v) is 20.1. The van der Waals surface area contributed by atoms with Crippen molar-refractivity contribution in [1.29, 1.82) is 0 Å². The Morgan fingerprint density at radius 3 is 2.76 bits per heavy atom. The number of hydrazone groups is 1. The van der Waals surface area contributed by atoms with Gasteiger partial charge < -0.3 is 24.7 Å². The van der Waals surface area contributed by atoms with Crippen LogP contribution in [0.4, 0.5) is 5.69 Å². The lowest BCUT2D eigenvalue weighted by Gasteiger charge is -2.36. The molecule has 5 rings (SSSR count). The predicted octanol–water partition coefficient (Wildman–Crippen LogP) is 2.99. The number of aryl methyl sites for hydroxylation is 1. The number of carbonyl (C=O) groups is 1. The summed E-state index contributed by atoms with van der Waals surface area (Å²) < 4.78 is 10.6. The number of amides is 1. The van der Waals surface area contributed by atoms with E-state index in [1.165, 1.54) is 22.9 Å². The monoisotopic (exact) mass is 480 g/mol. The van der Waals surface area contributed by atoms with Gasteiger partial charge in [0.2, 0.25) is 5.91 Å². The molecule has 1 saturated heterocycles. The van der Waals surface area contributed by atoms with Gasteiger partial charge in [-0.2, -0.15) is 5.10 Å². The molecule has 2 aromatic rings. The normalized spacial score (nSPS) is 22.6. The number of nitrogens with zero attached hydrogens (tertiary/aromatic N) is 3. The quantitative estimate of drug-likeness (QED) is 0.582. The SMILES string of the molecule is COc1ccc(OC)c(NC(=O)CSC2=NNC3C4CC(c5ccc(C)cc5)NN4C=CN23)c1.